The van der Waals surface area contributed by atoms with Gasteiger partial charge in [0.1, 0.15) is 5.75 Å². The van der Waals surface area contributed by atoms with Gasteiger partial charge in [-0.15, -0.1) is 0 Å². The van der Waals surface area contributed by atoms with Gasteiger partial charge in [0.25, 0.3) is 0 Å². The number of hydrogen-bond donors (Lipinski definition) is 1. The largest absolute Gasteiger partial charge is 0.508 e. The average molecular weight is 258 g/mol. The monoisotopic (exact) mass is 258 g/mol. The summed E-state index contributed by atoms with van der Waals surface area (Å²) in [6.45, 7) is 4.39. The molecule has 0 heterocycles. The Morgan fingerprint density at radius 3 is 1.74 bits per heavy atom. The van der Waals surface area contributed by atoms with E-state index >= 15 is 0 Å². The van der Waals surface area contributed by atoms with Crippen molar-refractivity contribution in [3.05, 3.63) is 41.5 Å². The molecule has 0 amide bonds. The second-order valence-electron chi connectivity index (χ2n) is 4.95. The van der Waals surface area contributed by atoms with Crippen LogP contribution in [0.2, 0.25) is 0 Å². The van der Waals surface area contributed by atoms with E-state index in [0.717, 1.165) is 24.0 Å². The SMILES string of the molecule is CCCCC=Cc1cc(O)cc(C=CCCCC)c1. The van der Waals surface area contributed by atoms with Crippen LogP contribution in [0, 0.1) is 0 Å². The topological polar surface area (TPSA) is 20.2 Å². The molecule has 0 atom stereocenters. The van der Waals surface area contributed by atoms with E-state index in [2.05, 4.69) is 44.2 Å². The van der Waals surface area contributed by atoms with E-state index in [-0.39, 0.29) is 0 Å². The first-order valence-electron chi connectivity index (χ1n) is 7.43. The minimum absolute atomic E-state index is 0.341. The molecule has 0 aliphatic carbocycles. The van der Waals surface area contributed by atoms with Crippen molar-refractivity contribution in [1.82, 2.24) is 0 Å². The van der Waals surface area contributed by atoms with Gasteiger partial charge in [0.05, 0.1) is 0 Å². The van der Waals surface area contributed by atoms with Gasteiger partial charge in [-0.3, -0.25) is 0 Å². The lowest BCUT2D eigenvalue weighted by Crippen LogP contribution is -1.78. The van der Waals surface area contributed by atoms with Crippen LogP contribution in [0.4, 0.5) is 0 Å². The van der Waals surface area contributed by atoms with E-state index in [1.54, 1.807) is 0 Å². The Balaban J connectivity index is 2.65. The molecule has 19 heavy (non-hydrogen) atoms. The van der Waals surface area contributed by atoms with Crippen molar-refractivity contribution in [2.45, 2.75) is 52.4 Å². The molecule has 0 aliphatic rings. The van der Waals surface area contributed by atoms with Gasteiger partial charge >= 0.3 is 0 Å². The molecule has 0 radical (unpaired) electrons. The van der Waals surface area contributed by atoms with Crippen LogP contribution in [0.25, 0.3) is 12.2 Å². The highest BCUT2D eigenvalue weighted by molar-refractivity contribution is 5.60. The highest BCUT2D eigenvalue weighted by atomic mass is 16.3. The van der Waals surface area contributed by atoms with Crippen LogP contribution in [-0.2, 0) is 0 Å². The number of rotatable bonds is 8. The molecule has 1 nitrogen and oxygen atoms in total. The van der Waals surface area contributed by atoms with Crippen molar-refractivity contribution in [1.29, 1.82) is 0 Å². The summed E-state index contributed by atoms with van der Waals surface area (Å²) in [4.78, 5) is 0. The lowest BCUT2D eigenvalue weighted by atomic mass is 10.1. The van der Waals surface area contributed by atoms with Crippen LogP contribution in [0.5, 0.6) is 5.75 Å². The maximum atomic E-state index is 9.73. The first-order valence-corrected chi connectivity index (χ1v) is 7.43. The third-order valence-corrected chi connectivity index (χ3v) is 3.03. The van der Waals surface area contributed by atoms with E-state index in [0.29, 0.717) is 5.75 Å². The summed E-state index contributed by atoms with van der Waals surface area (Å²) >= 11 is 0. The molecule has 0 aromatic heterocycles. The molecular weight excluding hydrogens is 232 g/mol. The summed E-state index contributed by atoms with van der Waals surface area (Å²) in [5.41, 5.74) is 2.15. The molecule has 1 aromatic rings. The predicted molar refractivity (Wildman–Crippen MR) is 85.2 cm³/mol. The molecular formula is C18H26O. The molecule has 1 rings (SSSR count). The van der Waals surface area contributed by atoms with E-state index in [1.807, 2.05) is 12.1 Å². The van der Waals surface area contributed by atoms with Gasteiger partial charge in [0.15, 0.2) is 0 Å². The fourth-order valence-electron chi connectivity index (χ4n) is 1.93. The number of phenolic OH excluding ortho intramolecular Hbond substituents is 1. The normalized spacial score (nSPS) is 11.7. The summed E-state index contributed by atoms with van der Waals surface area (Å²) in [6.07, 6.45) is 15.6. The van der Waals surface area contributed by atoms with Gasteiger partial charge in [-0.25, -0.2) is 0 Å². The van der Waals surface area contributed by atoms with Crippen LogP contribution in [-0.4, -0.2) is 5.11 Å². The Morgan fingerprint density at radius 1 is 0.842 bits per heavy atom. The van der Waals surface area contributed by atoms with Crippen LogP contribution in [0.15, 0.2) is 30.4 Å². The van der Waals surface area contributed by atoms with Crippen molar-refractivity contribution in [3.63, 3.8) is 0 Å². The number of phenols is 1. The molecule has 104 valence electrons. The first-order chi connectivity index (χ1) is 9.26. The third kappa shape index (κ3) is 6.85. The predicted octanol–water partition coefficient (Wildman–Crippen LogP) is 5.80. The van der Waals surface area contributed by atoms with Crippen molar-refractivity contribution in [3.8, 4) is 5.75 Å². The number of allylic oxidation sites excluding steroid dienone is 2. The van der Waals surface area contributed by atoms with Gasteiger partial charge in [0, 0.05) is 0 Å². The van der Waals surface area contributed by atoms with Gasteiger partial charge in [-0.2, -0.15) is 0 Å². The number of benzene rings is 1. The maximum Gasteiger partial charge on any atom is 0.116 e. The van der Waals surface area contributed by atoms with Gasteiger partial charge in [-0.1, -0.05) is 63.8 Å². The molecule has 0 saturated carbocycles. The Labute approximate surface area is 117 Å². The zero-order chi connectivity index (χ0) is 13.9. The van der Waals surface area contributed by atoms with Crippen molar-refractivity contribution in [2.24, 2.45) is 0 Å². The molecule has 1 heteroatoms. The maximum absolute atomic E-state index is 9.73. The van der Waals surface area contributed by atoms with Crippen molar-refractivity contribution >= 4 is 12.2 Å². The molecule has 0 spiro atoms. The summed E-state index contributed by atoms with van der Waals surface area (Å²) in [7, 11) is 0. The number of aromatic hydroxyl groups is 1. The van der Waals surface area contributed by atoms with Crippen LogP contribution >= 0.6 is 0 Å². The van der Waals surface area contributed by atoms with Gasteiger partial charge in [-0.05, 0) is 42.2 Å². The highest BCUT2D eigenvalue weighted by Gasteiger charge is 1.95. The van der Waals surface area contributed by atoms with Crippen molar-refractivity contribution in [2.75, 3.05) is 0 Å². The molecule has 1 aromatic carbocycles. The molecule has 0 aliphatic heterocycles. The Bertz CT molecular complexity index is 379. The van der Waals surface area contributed by atoms with Crippen molar-refractivity contribution < 1.29 is 5.11 Å². The summed E-state index contributed by atoms with van der Waals surface area (Å²) in [6, 6.07) is 5.74. The van der Waals surface area contributed by atoms with E-state index < -0.39 is 0 Å². The molecule has 0 fully saturated rings. The van der Waals surface area contributed by atoms with Crippen LogP contribution in [0.3, 0.4) is 0 Å². The molecule has 1 N–H and O–H groups in total. The fraction of sp³-hybridized carbons (Fsp3) is 0.444. The van der Waals surface area contributed by atoms with Gasteiger partial charge < -0.3 is 5.11 Å². The van der Waals surface area contributed by atoms with E-state index in [4.69, 9.17) is 0 Å². The highest BCUT2D eigenvalue weighted by Crippen LogP contribution is 2.19. The Hall–Kier alpha value is -1.50. The van der Waals surface area contributed by atoms with Crippen LogP contribution < -0.4 is 0 Å². The number of hydrogen-bond acceptors (Lipinski definition) is 1. The minimum atomic E-state index is 0.341. The standard InChI is InChI=1S/C18H26O/c1-3-5-7-9-11-16-13-17(15-18(19)14-16)12-10-8-6-4-2/h9-15,19H,3-8H2,1-2H3. The second-order valence-corrected chi connectivity index (χ2v) is 4.95. The number of unbranched alkanes of at least 4 members (excludes halogenated alkanes) is 4. The fourth-order valence-corrected chi connectivity index (χ4v) is 1.93. The molecule has 0 unspecified atom stereocenters. The molecule has 0 saturated heterocycles. The second kappa shape index (κ2) is 9.43. The summed E-state index contributed by atoms with van der Waals surface area (Å²) in [5, 5.41) is 9.73. The Morgan fingerprint density at radius 2 is 1.32 bits per heavy atom. The van der Waals surface area contributed by atoms with E-state index in [1.165, 1.54) is 25.7 Å². The average Bonchev–Trinajstić information content (AvgIpc) is 2.39. The summed E-state index contributed by atoms with van der Waals surface area (Å²) < 4.78 is 0. The summed E-state index contributed by atoms with van der Waals surface area (Å²) in [5.74, 6) is 0.341. The molecule has 0 bridgehead atoms. The van der Waals surface area contributed by atoms with Gasteiger partial charge in [0.2, 0.25) is 0 Å². The zero-order valence-corrected chi connectivity index (χ0v) is 12.2. The lowest BCUT2D eigenvalue weighted by molar-refractivity contribution is 0.475. The Kier molecular flexibility index (Phi) is 7.72. The quantitative estimate of drug-likeness (QED) is 0.584. The zero-order valence-electron chi connectivity index (χ0n) is 12.2. The smallest absolute Gasteiger partial charge is 0.116 e. The first kappa shape index (κ1) is 15.6. The van der Waals surface area contributed by atoms with Crippen LogP contribution in [0.1, 0.15) is 63.5 Å². The lowest BCUT2D eigenvalue weighted by Gasteiger charge is -2.00. The third-order valence-electron chi connectivity index (χ3n) is 3.03. The minimum Gasteiger partial charge on any atom is -0.508 e. The van der Waals surface area contributed by atoms with E-state index in [9.17, 15) is 5.11 Å².